The number of rotatable bonds is 1. The molecular formula is C11H7N5. The predicted octanol–water partition coefficient (Wildman–Crippen LogP) is 1.32. The Balaban J connectivity index is 2.47. The topological polar surface area (TPSA) is 78.3 Å². The molecule has 2 aromatic rings. The molecule has 0 saturated carbocycles. The highest BCUT2D eigenvalue weighted by molar-refractivity contribution is 5.44. The highest BCUT2D eigenvalue weighted by Crippen LogP contribution is 2.12. The Labute approximate surface area is 92.2 Å². The van der Waals surface area contributed by atoms with Gasteiger partial charge in [0.15, 0.2) is 0 Å². The summed E-state index contributed by atoms with van der Waals surface area (Å²) in [4.78, 5) is 3.81. The molecule has 5 heteroatoms. The van der Waals surface area contributed by atoms with Crippen molar-refractivity contribution in [3.8, 4) is 17.8 Å². The fourth-order valence-corrected chi connectivity index (χ4v) is 1.35. The number of benzene rings is 1. The van der Waals surface area contributed by atoms with Crippen LogP contribution in [0.3, 0.4) is 0 Å². The third kappa shape index (κ3) is 1.62. The molecule has 0 spiro atoms. The van der Waals surface area contributed by atoms with E-state index in [1.807, 2.05) is 19.1 Å². The average molecular weight is 209 g/mol. The summed E-state index contributed by atoms with van der Waals surface area (Å²) in [7, 11) is 0. The van der Waals surface area contributed by atoms with Gasteiger partial charge in [-0.05, 0) is 30.7 Å². The van der Waals surface area contributed by atoms with Crippen molar-refractivity contribution in [2.24, 2.45) is 0 Å². The Morgan fingerprint density at radius 2 is 2.06 bits per heavy atom. The van der Waals surface area contributed by atoms with Gasteiger partial charge >= 0.3 is 0 Å². The van der Waals surface area contributed by atoms with Crippen LogP contribution in [-0.4, -0.2) is 14.8 Å². The smallest absolute Gasteiger partial charge is 0.220 e. The minimum absolute atomic E-state index is 0.127. The van der Waals surface area contributed by atoms with Crippen molar-refractivity contribution in [2.75, 3.05) is 0 Å². The van der Waals surface area contributed by atoms with Gasteiger partial charge in [0.1, 0.15) is 12.4 Å². The third-order valence-corrected chi connectivity index (χ3v) is 2.19. The van der Waals surface area contributed by atoms with Crippen molar-refractivity contribution < 1.29 is 0 Å². The van der Waals surface area contributed by atoms with Crippen molar-refractivity contribution in [3.63, 3.8) is 0 Å². The third-order valence-electron chi connectivity index (χ3n) is 2.19. The second-order valence-electron chi connectivity index (χ2n) is 3.24. The molecular weight excluding hydrogens is 202 g/mol. The number of nitriles is 2. The summed E-state index contributed by atoms with van der Waals surface area (Å²) in [6, 6.07) is 9.27. The Bertz CT molecular complexity index is 612. The van der Waals surface area contributed by atoms with Gasteiger partial charge in [-0.15, -0.1) is 5.10 Å². The minimum Gasteiger partial charge on any atom is -0.220 e. The molecule has 76 valence electrons. The van der Waals surface area contributed by atoms with Crippen molar-refractivity contribution in [2.45, 2.75) is 6.92 Å². The largest absolute Gasteiger partial charge is 0.252 e. The molecule has 16 heavy (non-hydrogen) atoms. The number of hydrogen-bond acceptors (Lipinski definition) is 4. The Morgan fingerprint density at radius 3 is 2.62 bits per heavy atom. The van der Waals surface area contributed by atoms with Crippen LogP contribution in [0.4, 0.5) is 0 Å². The molecule has 0 fully saturated rings. The van der Waals surface area contributed by atoms with Gasteiger partial charge in [-0.1, -0.05) is 0 Å². The Morgan fingerprint density at radius 1 is 1.25 bits per heavy atom. The minimum atomic E-state index is 0.127. The molecule has 5 nitrogen and oxygen atoms in total. The molecule has 1 aromatic carbocycles. The van der Waals surface area contributed by atoms with Crippen LogP contribution >= 0.6 is 0 Å². The van der Waals surface area contributed by atoms with Gasteiger partial charge in [-0.25, -0.2) is 9.67 Å². The standard InChI is InChI=1S/C11H7N5/c1-8-4-10(3-2-9(8)5-12)16-7-14-11(6-13)15-16/h2-4,7H,1H3. The summed E-state index contributed by atoms with van der Waals surface area (Å²) in [6.07, 6.45) is 1.47. The summed E-state index contributed by atoms with van der Waals surface area (Å²) in [5.74, 6) is 0.127. The van der Waals surface area contributed by atoms with Gasteiger partial charge < -0.3 is 0 Å². The van der Waals surface area contributed by atoms with Crippen LogP contribution in [0.1, 0.15) is 17.0 Å². The van der Waals surface area contributed by atoms with Crippen LogP contribution < -0.4 is 0 Å². The number of aromatic nitrogens is 3. The molecule has 0 N–H and O–H groups in total. The Hall–Kier alpha value is -2.66. The second-order valence-corrected chi connectivity index (χ2v) is 3.24. The van der Waals surface area contributed by atoms with Gasteiger partial charge in [0, 0.05) is 0 Å². The molecule has 0 aliphatic rings. The second kappa shape index (κ2) is 3.84. The van der Waals surface area contributed by atoms with Crippen LogP contribution in [0.5, 0.6) is 0 Å². The molecule has 2 rings (SSSR count). The fourth-order valence-electron chi connectivity index (χ4n) is 1.35. The van der Waals surface area contributed by atoms with E-state index in [-0.39, 0.29) is 5.82 Å². The van der Waals surface area contributed by atoms with Crippen LogP contribution in [-0.2, 0) is 0 Å². The van der Waals surface area contributed by atoms with Gasteiger partial charge in [0.25, 0.3) is 5.82 Å². The first kappa shape index (κ1) is 9.88. The lowest BCUT2D eigenvalue weighted by Gasteiger charge is -2.02. The molecule has 0 bridgehead atoms. The summed E-state index contributed by atoms with van der Waals surface area (Å²) in [6.45, 7) is 1.85. The van der Waals surface area contributed by atoms with Crippen LogP contribution in [0.25, 0.3) is 5.69 Å². The zero-order valence-corrected chi connectivity index (χ0v) is 8.55. The molecule has 1 aromatic heterocycles. The lowest BCUT2D eigenvalue weighted by Crippen LogP contribution is -1.96. The normalized spacial score (nSPS) is 9.44. The van der Waals surface area contributed by atoms with Gasteiger partial charge in [-0.3, -0.25) is 0 Å². The van der Waals surface area contributed by atoms with E-state index in [0.29, 0.717) is 5.56 Å². The molecule has 0 atom stereocenters. The van der Waals surface area contributed by atoms with E-state index in [4.69, 9.17) is 10.5 Å². The van der Waals surface area contributed by atoms with Crippen molar-refractivity contribution in [3.05, 3.63) is 41.5 Å². The molecule has 0 radical (unpaired) electrons. The van der Waals surface area contributed by atoms with E-state index in [1.165, 1.54) is 11.0 Å². The Kier molecular flexibility index (Phi) is 2.37. The maximum Gasteiger partial charge on any atom is 0.252 e. The summed E-state index contributed by atoms with van der Waals surface area (Å²) < 4.78 is 1.51. The predicted molar refractivity (Wildman–Crippen MR) is 55.5 cm³/mol. The van der Waals surface area contributed by atoms with Gasteiger partial charge in [0.05, 0.1) is 17.3 Å². The SMILES string of the molecule is Cc1cc(-n2cnc(C#N)n2)ccc1C#N. The zero-order chi connectivity index (χ0) is 11.5. The van der Waals surface area contributed by atoms with E-state index in [0.717, 1.165) is 11.3 Å². The first-order valence-electron chi connectivity index (χ1n) is 4.57. The van der Waals surface area contributed by atoms with E-state index >= 15 is 0 Å². The van der Waals surface area contributed by atoms with Crippen molar-refractivity contribution >= 4 is 0 Å². The van der Waals surface area contributed by atoms with Crippen molar-refractivity contribution in [1.29, 1.82) is 10.5 Å². The number of aryl methyl sites for hydroxylation is 1. The first-order chi connectivity index (χ1) is 7.74. The van der Waals surface area contributed by atoms with E-state index < -0.39 is 0 Å². The van der Waals surface area contributed by atoms with E-state index in [9.17, 15) is 0 Å². The van der Waals surface area contributed by atoms with Gasteiger partial charge in [0.2, 0.25) is 0 Å². The highest BCUT2D eigenvalue weighted by Gasteiger charge is 2.03. The zero-order valence-electron chi connectivity index (χ0n) is 8.55. The molecule has 0 unspecified atom stereocenters. The van der Waals surface area contributed by atoms with Crippen LogP contribution in [0.2, 0.25) is 0 Å². The van der Waals surface area contributed by atoms with Crippen LogP contribution in [0.15, 0.2) is 24.5 Å². The lowest BCUT2D eigenvalue weighted by atomic mass is 10.1. The maximum atomic E-state index is 8.79. The fraction of sp³-hybridized carbons (Fsp3) is 0.0909. The summed E-state index contributed by atoms with van der Waals surface area (Å²) in [5, 5.41) is 21.4. The lowest BCUT2D eigenvalue weighted by molar-refractivity contribution is 0.871. The summed E-state index contributed by atoms with van der Waals surface area (Å²) in [5.41, 5.74) is 2.28. The molecule has 0 saturated heterocycles. The quantitative estimate of drug-likeness (QED) is 0.709. The average Bonchev–Trinajstić information content (AvgIpc) is 2.77. The van der Waals surface area contributed by atoms with Gasteiger partial charge in [-0.2, -0.15) is 10.5 Å². The molecule has 0 aliphatic heterocycles. The van der Waals surface area contributed by atoms with E-state index in [1.54, 1.807) is 12.1 Å². The van der Waals surface area contributed by atoms with Crippen LogP contribution in [0, 0.1) is 29.6 Å². The molecule has 0 amide bonds. The monoisotopic (exact) mass is 209 g/mol. The first-order valence-corrected chi connectivity index (χ1v) is 4.57. The summed E-state index contributed by atoms with van der Waals surface area (Å²) >= 11 is 0. The maximum absolute atomic E-state index is 8.79. The highest BCUT2D eigenvalue weighted by atomic mass is 15.3. The number of hydrogen-bond donors (Lipinski definition) is 0. The molecule has 1 heterocycles. The van der Waals surface area contributed by atoms with E-state index in [2.05, 4.69) is 16.2 Å². The number of nitrogens with zero attached hydrogens (tertiary/aromatic N) is 5. The molecule has 0 aliphatic carbocycles. The van der Waals surface area contributed by atoms with Crippen molar-refractivity contribution in [1.82, 2.24) is 14.8 Å².